The van der Waals surface area contributed by atoms with Crippen molar-refractivity contribution in [3.05, 3.63) is 94.9 Å². The number of benzene rings is 2. The minimum absolute atomic E-state index is 0.165. The van der Waals surface area contributed by atoms with Gasteiger partial charge in [0.25, 0.3) is 5.91 Å². The smallest absolute Gasteiger partial charge is 0.277 e. The van der Waals surface area contributed by atoms with E-state index in [9.17, 15) is 4.79 Å². The summed E-state index contributed by atoms with van der Waals surface area (Å²) >= 11 is 5.94. The van der Waals surface area contributed by atoms with Gasteiger partial charge in [-0.25, -0.2) is 4.68 Å². The highest BCUT2D eigenvalue weighted by molar-refractivity contribution is 6.30. The lowest BCUT2D eigenvalue weighted by Crippen LogP contribution is -2.15. The largest absolute Gasteiger partial charge is 0.471 e. The third kappa shape index (κ3) is 5.07. The maximum absolute atomic E-state index is 12.5. The predicted molar refractivity (Wildman–Crippen MR) is 115 cm³/mol. The van der Waals surface area contributed by atoms with Crippen molar-refractivity contribution in [1.29, 1.82) is 0 Å². The first-order valence-corrected chi connectivity index (χ1v) is 9.75. The summed E-state index contributed by atoms with van der Waals surface area (Å²) in [6, 6.07) is 18.7. The van der Waals surface area contributed by atoms with Crippen LogP contribution < -0.4 is 10.1 Å². The van der Waals surface area contributed by atoms with Gasteiger partial charge in [0.1, 0.15) is 5.75 Å². The lowest BCUT2D eigenvalue weighted by Gasteiger charge is -2.06. The molecule has 1 N–H and O–H groups in total. The van der Waals surface area contributed by atoms with Gasteiger partial charge in [-0.2, -0.15) is 10.2 Å². The Kier molecular flexibility index (Phi) is 5.81. The maximum atomic E-state index is 12.5. The third-order valence-electron chi connectivity index (χ3n) is 4.38. The van der Waals surface area contributed by atoms with Crippen LogP contribution in [-0.4, -0.2) is 25.5 Å². The Bertz CT molecular complexity index is 1150. The zero-order chi connectivity index (χ0) is 20.9. The van der Waals surface area contributed by atoms with Crippen molar-refractivity contribution in [2.75, 3.05) is 5.32 Å². The van der Waals surface area contributed by atoms with Crippen LogP contribution in [0.15, 0.2) is 73.1 Å². The summed E-state index contributed by atoms with van der Waals surface area (Å²) in [5.74, 6) is 0.761. The number of halogens is 1. The highest BCUT2D eigenvalue weighted by Gasteiger charge is 2.12. The average Bonchev–Trinajstić information content (AvgIpc) is 3.38. The molecule has 0 fully saturated rings. The Hall–Kier alpha value is -3.58. The summed E-state index contributed by atoms with van der Waals surface area (Å²) in [6.07, 6.45) is 3.50. The lowest BCUT2D eigenvalue weighted by molar-refractivity contribution is 0.101. The summed E-state index contributed by atoms with van der Waals surface area (Å²) < 4.78 is 8.93. The number of aryl methyl sites for hydroxylation is 1. The minimum Gasteiger partial charge on any atom is -0.471 e. The normalized spacial score (nSPS) is 10.7. The Labute approximate surface area is 178 Å². The Morgan fingerprint density at radius 3 is 2.63 bits per heavy atom. The second kappa shape index (κ2) is 8.84. The molecule has 2 heterocycles. The Morgan fingerprint density at radius 1 is 1.03 bits per heavy atom. The van der Waals surface area contributed by atoms with Gasteiger partial charge < -0.3 is 10.1 Å². The number of carbonyl (C=O) groups excluding carboxylic acids is 1. The SMILES string of the molecule is Cc1ccc(Cn2ccc(NC(=O)c3ccn(COc4cccc(Cl)c4)n3)n2)cc1. The van der Waals surface area contributed by atoms with Crippen molar-refractivity contribution in [3.63, 3.8) is 0 Å². The third-order valence-corrected chi connectivity index (χ3v) is 4.62. The summed E-state index contributed by atoms with van der Waals surface area (Å²) in [7, 11) is 0. The van der Waals surface area contributed by atoms with Crippen molar-refractivity contribution in [2.45, 2.75) is 20.2 Å². The van der Waals surface area contributed by atoms with Crippen LogP contribution in [0.1, 0.15) is 21.6 Å². The van der Waals surface area contributed by atoms with Crippen molar-refractivity contribution in [2.24, 2.45) is 0 Å². The molecule has 8 heteroatoms. The van der Waals surface area contributed by atoms with Gasteiger partial charge in [-0.05, 0) is 36.8 Å². The number of hydrogen-bond acceptors (Lipinski definition) is 4. The summed E-state index contributed by atoms with van der Waals surface area (Å²) in [5, 5.41) is 12.0. The van der Waals surface area contributed by atoms with E-state index in [0.717, 1.165) is 5.56 Å². The molecular formula is C22H20ClN5O2. The topological polar surface area (TPSA) is 74.0 Å². The van der Waals surface area contributed by atoms with E-state index in [1.165, 1.54) is 10.2 Å². The summed E-state index contributed by atoms with van der Waals surface area (Å²) in [5.41, 5.74) is 2.63. The van der Waals surface area contributed by atoms with E-state index >= 15 is 0 Å². The lowest BCUT2D eigenvalue weighted by atomic mass is 10.1. The monoisotopic (exact) mass is 421 g/mol. The molecule has 0 radical (unpaired) electrons. The molecular weight excluding hydrogens is 402 g/mol. The van der Waals surface area contributed by atoms with Crippen LogP contribution in [0.2, 0.25) is 5.02 Å². The van der Waals surface area contributed by atoms with Gasteiger partial charge in [-0.3, -0.25) is 9.48 Å². The standard InChI is InChI=1S/C22H20ClN5O2/c1-16-5-7-17(8-6-16)14-27-12-10-21(26-27)24-22(29)20-9-11-28(25-20)15-30-19-4-2-3-18(23)13-19/h2-13H,14-15H2,1H3,(H,24,26,29). The molecule has 2 aromatic heterocycles. The zero-order valence-corrected chi connectivity index (χ0v) is 17.1. The highest BCUT2D eigenvalue weighted by Crippen LogP contribution is 2.17. The molecule has 1 amide bonds. The number of anilines is 1. The summed E-state index contributed by atoms with van der Waals surface area (Å²) in [6.45, 7) is 2.85. The molecule has 0 atom stereocenters. The highest BCUT2D eigenvalue weighted by atomic mass is 35.5. The molecule has 2 aromatic carbocycles. The molecule has 4 rings (SSSR count). The molecule has 30 heavy (non-hydrogen) atoms. The van der Waals surface area contributed by atoms with E-state index in [1.807, 2.05) is 6.20 Å². The second-order valence-corrected chi connectivity index (χ2v) is 7.25. The van der Waals surface area contributed by atoms with Crippen LogP contribution in [0, 0.1) is 6.92 Å². The van der Waals surface area contributed by atoms with Gasteiger partial charge in [0.05, 0.1) is 6.54 Å². The van der Waals surface area contributed by atoms with Crippen LogP contribution >= 0.6 is 11.6 Å². The molecule has 0 unspecified atom stereocenters. The van der Waals surface area contributed by atoms with E-state index in [0.29, 0.717) is 23.1 Å². The van der Waals surface area contributed by atoms with Gasteiger partial charge >= 0.3 is 0 Å². The van der Waals surface area contributed by atoms with Gasteiger partial charge in [0.15, 0.2) is 18.2 Å². The van der Waals surface area contributed by atoms with Crippen molar-refractivity contribution >= 4 is 23.3 Å². The number of amides is 1. The van der Waals surface area contributed by atoms with E-state index in [4.69, 9.17) is 16.3 Å². The molecule has 0 spiro atoms. The van der Waals surface area contributed by atoms with Crippen LogP contribution in [0.3, 0.4) is 0 Å². The second-order valence-electron chi connectivity index (χ2n) is 6.81. The van der Waals surface area contributed by atoms with Crippen LogP contribution in [0.4, 0.5) is 5.82 Å². The summed E-state index contributed by atoms with van der Waals surface area (Å²) in [4.78, 5) is 12.5. The van der Waals surface area contributed by atoms with E-state index in [2.05, 4.69) is 46.7 Å². The van der Waals surface area contributed by atoms with Gasteiger partial charge in [0, 0.05) is 23.5 Å². The van der Waals surface area contributed by atoms with Crippen LogP contribution in [0.5, 0.6) is 5.75 Å². The molecule has 0 bridgehead atoms. The van der Waals surface area contributed by atoms with Crippen molar-refractivity contribution in [1.82, 2.24) is 19.6 Å². The number of ether oxygens (including phenoxy) is 1. The fourth-order valence-electron chi connectivity index (χ4n) is 2.83. The number of nitrogens with one attached hydrogen (secondary N) is 1. The van der Waals surface area contributed by atoms with Gasteiger partial charge in [-0.15, -0.1) is 0 Å². The first kappa shape index (κ1) is 19.7. The molecule has 0 saturated heterocycles. The molecule has 0 aliphatic heterocycles. The molecule has 0 saturated carbocycles. The molecule has 4 aromatic rings. The zero-order valence-electron chi connectivity index (χ0n) is 16.3. The fourth-order valence-corrected chi connectivity index (χ4v) is 3.01. The van der Waals surface area contributed by atoms with Crippen molar-refractivity contribution < 1.29 is 9.53 Å². The molecule has 0 aliphatic rings. The van der Waals surface area contributed by atoms with Gasteiger partial charge in [-0.1, -0.05) is 47.5 Å². The minimum atomic E-state index is -0.336. The van der Waals surface area contributed by atoms with E-state index < -0.39 is 0 Å². The Balaban J connectivity index is 1.33. The fraction of sp³-hybridized carbons (Fsp3) is 0.136. The first-order valence-electron chi connectivity index (χ1n) is 9.37. The van der Waals surface area contributed by atoms with Crippen LogP contribution in [0.25, 0.3) is 0 Å². The number of aromatic nitrogens is 4. The number of rotatable bonds is 7. The molecule has 0 aliphatic carbocycles. The number of nitrogens with zero attached hydrogens (tertiary/aromatic N) is 4. The number of hydrogen-bond donors (Lipinski definition) is 1. The van der Waals surface area contributed by atoms with Crippen LogP contribution in [-0.2, 0) is 13.3 Å². The quantitative estimate of drug-likeness (QED) is 0.480. The van der Waals surface area contributed by atoms with E-state index in [-0.39, 0.29) is 18.3 Å². The average molecular weight is 422 g/mol. The number of carbonyl (C=O) groups is 1. The first-order chi connectivity index (χ1) is 14.5. The predicted octanol–water partition coefficient (Wildman–Crippen LogP) is 4.38. The Morgan fingerprint density at radius 2 is 1.83 bits per heavy atom. The van der Waals surface area contributed by atoms with Crippen molar-refractivity contribution in [3.8, 4) is 5.75 Å². The maximum Gasteiger partial charge on any atom is 0.277 e. The molecule has 7 nitrogen and oxygen atoms in total. The van der Waals surface area contributed by atoms with Gasteiger partial charge in [0.2, 0.25) is 0 Å². The van der Waals surface area contributed by atoms with E-state index in [1.54, 1.807) is 47.3 Å². The molecule has 152 valence electrons.